The van der Waals surface area contributed by atoms with Gasteiger partial charge in [-0.15, -0.1) is 0 Å². The van der Waals surface area contributed by atoms with Gasteiger partial charge in [-0.1, -0.05) is 6.92 Å². The van der Waals surface area contributed by atoms with E-state index in [1.54, 1.807) is 6.92 Å². The van der Waals surface area contributed by atoms with Crippen LogP contribution in [-0.4, -0.2) is 14.7 Å². The van der Waals surface area contributed by atoms with E-state index in [9.17, 15) is 14.5 Å². The van der Waals surface area contributed by atoms with Crippen molar-refractivity contribution in [1.29, 1.82) is 0 Å². The molecule has 2 aromatic rings. The molecular weight excluding hydrogens is 345 g/mol. The number of ether oxygens (including phenoxy) is 1. The van der Waals surface area contributed by atoms with E-state index >= 15 is 0 Å². The Morgan fingerprint density at radius 1 is 1.52 bits per heavy atom. The lowest BCUT2D eigenvalue weighted by molar-refractivity contribution is -0.386. The molecule has 0 spiro atoms. The Labute approximate surface area is 128 Å². The van der Waals surface area contributed by atoms with Crippen LogP contribution >= 0.6 is 15.9 Å². The Morgan fingerprint density at radius 2 is 2.24 bits per heavy atom. The topological polar surface area (TPSA) is 70.2 Å². The molecule has 0 unspecified atom stereocenters. The summed E-state index contributed by atoms with van der Waals surface area (Å²) in [6, 6.07) is 4.16. The second kappa shape index (κ2) is 6.21. The van der Waals surface area contributed by atoms with Crippen LogP contribution in [0.2, 0.25) is 0 Å². The molecule has 0 aliphatic rings. The highest BCUT2D eigenvalue weighted by Crippen LogP contribution is 2.35. The summed E-state index contributed by atoms with van der Waals surface area (Å²) in [5.41, 5.74) is 0.0628. The minimum atomic E-state index is -0.543. The summed E-state index contributed by atoms with van der Waals surface area (Å²) >= 11 is 3.04. The fourth-order valence-electron chi connectivity index (χ4n) is 1.88. The minimum absolute atomic E-state index is 0.0149. The van der Waals surface area contributed by atoms with Crippen molar-refractivity contribution >= 4 is 21.6 Å². The minimum Gasteiger partial charge on any atom is -0.434 e. The molecule has 112 valence electrons. The van der Waals surface area contributed by atoms with Gasteiger partial charge in [0.2, 0.25) is 0 Å². The summed E-state index contributed by atoms with van der Waals surface area (Å²) in [5, 5.41) is 15.3. The van der Waals surface area contributed by atoms with Crippen LogP contribution in [0, 0.1) is 22.9 Å². The Hall–Kier alpha value is -1.96. The number of aryl methyl sites for hydroxylation is 2. The Kier molecular flexibility index (Phi) is 4.56. The van der Waals surface area contributed by atoms with Gasteiger partial charge in [-0.2, -0.15) is 5.10 Å². The third kappa shape index (κ3) is 3.21. The van der Waals surface area contributed by atoms with Gasteiger partial charge >= 0.3 is 5.69 Å². The average molecular weight is 358 g/mol. The first-order chi connectivity index (χ1) is 9.93. The number of aromatic nitrogens is 2. The SMILES string of the molecule is CCCn1nc(C)c([N+](=O)[O-])c1Oc1ccc(Br)c(F)c1. The molecule has 0 aliphatic carbocycles. The van der Waals surface area contributed by atoms with E-state index in [1.165, 1.54) is 16.8 Å². The van der Waals surface area contributed by atoms with E-state index < -0.39 is 10.7 Å². The molecule has 8 heteroatoms. The molecule has 0 atom stereocenters. The van der Waals surface area contributed by atoms with Crippen molar-refractivity contribution in [2.24, 2.45) is 0 Å². The highest BCUT2D eigenvalue weighted by molar-refractivity contribution is 9.10. The van der Waals surface area contributed by atoms with Gasteiger partial charge in [0.25, 0.3) is 5.88 Å². The fraction of sp³-hybridized carbons (Fsp3) is 0.308. The molecule has 6 nitrogen and oxygen atoms in total. The van der Waals surface area contributed by atoms with E-state index in [0.717, 1.165) is 12.5 Å². The lowest BCUT2D eigenvalue weighted by atomic mass is 10.3. The zero-order valence-electron chi connectivity index (χ0n) is 11.5. The van der Waals surface area contributed by atoms with Gasteiger partial charge in [0, 0.05) is 12.6 Å². The third-order valence-electron chi connectivity index (χ3n) is 2.77. The number of benzene rings is 1. The van der Waals surface area contributed by atoms with Gasteiger partial charge in [-0.3, -0.25) is 10.1 Å². The van der Waals surface area contributed by atoms with Gasteiger partial charge in [-0.05, 0) is 41.4 Å². The second-order valence-electron chi connectivity index (χ2n) is 4.40. The van der Waals surface area contributed by atoms with Crippen molar-refractivity contribution in [2.75, 3.05) is 0 Å². The Balaban J connectivity index is 2.45. The molecular formula is C13H13BrFN3O3. The summed E-state index contributed by atoms with van der Waals surface area (Å²) in [7, 11) is 0. The number of hydrogen-bond donors (Lipinski definition) is 0. The third-order valence-corrected chi connectivity index (χ3v) is 3.42. The molecule has 0 bridgehead atoms. The van der Waals surface area contributed by atoms with Crippen LogP contribution in [-0.2, 0) is 6.54 Å². The molecule has 1 aromatic heterocycles. The van der Waals surface area contributed by atoms with Crippen molar-refractivity contribution in [3.63, 3.8) is 0 Å². The zero-order chi connectivity index (χ0) is 15.6. The summed E-state index contributed by atoms with van der Waals surface area (Å²) in [4.78, 5) is 10.6. The molecule has 0 radical (unpaired) electrons. The number of nitro groups is 1. The smallest absolute Gasteiger partial charge is 0.353 e. The van der Waals surface area contributed by atoms with Crippen molar-refractivity contribution < 1.29 is 14.1 Å². The normalized spacial score (nSPS) is 10.7. The quantitative estimate of drug-likeness (QED) is 0.593. The largest absolute Gasteiger partial charge is 0.434 e. The van der Waals surface area contributed by atoms with Crippen LogP contribution in [0.5, 0.6) is 11.6 Å². The van der Waals surface area contributed by atoms with Crippen LogP contribution in [0.15, 0.2) is 22.7 Å². The van der Waals surface area contributed by atoms with Gasteiger partial charge in [0.1, 0.15) is 17.3 Å². The van der Waals surface area contributed by atoms with Crippen LogP contribution in [0.3, 0.4) is 0 Å². The molecule has 1 heterocycles. The summed E-state index contributed by atoms with van der Waals surface area (Å²) in [6.07, 6.45) is 0.739. The van der Waals surface area contributed by atoms with Crippen molar-refractivity contribution in [1.82, 2.24) is 9.78 Å². The lowest BCUT2D eigenvalue weighted by Gasteiger charge is -2.08. The average Bonchev–Trinajstić information content (AvgIpc) is 2.70. The Bertz CT molecular complexity index is 688. The number of halogens is 2. The highest BCUT2D eigenvalue weighted by atomic mass is 79.9. The number of nitrogens with zero attached hydrogens (tertiary/aromatic N) is 3. The van der Waals surface area contributed by atoms with E-state index in [4.69, 9.17) is 4.74 Å². The van der Waals surface area contributed by atoms with Crippen LogP contribution < -0.4 is 4.74 Å². The van der Waals surface area contributed by atoms with Gasteiger partial charge in [0.05, 0.1) is 9.40 Å². The number of rotatable bonds is 5. The lowest BCUT2D eigenvalue weighted by Crippen LogP contribution is -2.03. The van der Waals surface area contributed by atoms with Crippen LogP contribution in [0.25, 0.3) is 0 Å². The molecule has 1 aromatic carbocycles. The van der Waals surface area contributed by atoms with Crippen molar-refractivity contribution in [3.05, 3.63) is 44.3 Å². The molecule has 0 fully saturated rings. The maximum atomic E-state index is 13.5. The van der Waals surface area contributed by atoms with Crippen LogP contribution in [0.1, 0.15) is 19.0 Å². The van der Waals surface area contributed by atoms with Crippen LogP contribution in [0.4, 0.5) is 10.1 Å². The monoisotopic (exact) mass is 357 g/mol. The first kappa shape index (κ1) is 15.4. The molecule has 2 rings (SSSR count). The molecule has 0 aliphatic heterocycles. The van der Waals surface area contributed by atoms with Crippen molar-refractivity contribution in [2.45, 2.75) is 26.8 Å². The Morgan fingerprint density at radius 3 is 2.81 bits per heavy atom. The van der Waals surface area contributed by atoms with Crippen molar-refractivity contribution in [3.8, 4) is 11.6 Å². The predicted molar refractivity (Wildman–Crippen MR) is 78.1 cm³/mol. The molecule has 0 N–H and O–H groups in total. The summed E-state index contributed by atoms with van der Waals surface area (Å²) < 4.78 is 20.7. The highest BCUT2D eigenvalue weighted by Gasteiger charge is 2.27. The maximum Gasteiger partial charge on any atom is 0.353 e. The summed E-state index contributed by atoms with van der Waals surface area (Å²) in [6.45, 7) is 3.94. The van der Waals surface area contributed by atoms with Gasteiger partial charge in [-0.25, -0.2) is 9.07 Å². The van der Waals surface area contributed by atoms with E-state index in [0.29, 0.717) is 11.0 Å². The fourth-order valence-corrected chi connectivity index (χ4v) is 2.12. The van der Waals surface area contributed by atoms with E-state index in [-0.39, 0.29) is 23.0 Å². The zero-order valence-corrected chi connectivity index (χ0v) is 13.1. The first-order valence-corrected chi connectivity index (χ1v) is 7.08. The van der Waals surface area contributed by atoms with E-state index in [2.05, 4.69) is 21.0 Å². The predicted octanol–water partition coefficient (Wildman–Crippen LogP) is 4.20. The number of hydrogen-bond acceptors (Lipinski definition) is 4. The molecule has 0 amide bonds. The summed E-state index contributed by atoms with van der Waals surface area (Å²) in [5.74, 6) is -0.314. The van der Waals surface area contributed by atoms with E-state index in [1.807, 2.05) is 6.92 Å². The second-order valence-corrected chi connectivity index (χ2v) is 5.25. The van der Waals surface area contributed by atoms with Gasteiger partial charge in [0.15, 0.2) is 0 Å². The van der Waals surface area contributed by atoms with Gasteiger partial charge < -0.3 is 4.74 Å². The molecule has 0 saturated carbocycles. The molecule has 21 heavy (non-hydrogen) atoms. The molecule has 0 saturated heterocycles. The first-order valence-electron chi connectivity index (χ1n) is 6.28. The standard InChI is InChI=1S/C13H13BrFN3O3/c1-3-6-17-13(12(18(19)20)8(2)16-17)21-9-4-5-10(14)11(15)7-9/h4-5,7H,3,6H2,1-2H3. The maximum absolute atomic E-state index is 13.5.